The molecule has 2 atom stereocenters. The minimum absolute atomic E-state index is 0.0453. The summed E-state index contributed by atoms with van der Waals surface area (Å²) in [4.78, 5) is 17.0. The summed E-state index contributed by atoms with van der Waals surface area (Å²) in [5.74, 6) is 0.304. The average molecular weight is 371 g/mol. The molecule has 0 aliphatic carbocycles. The van der Waals surface area contributed by atoms with Crippen molar-refractivity contribution in [2.45, 2.75) is 19.0 Å². The van der Waals surface area contributed by atoms with Crippen molar-refractivity contribution in [1.82, 2.24) is 24.5 Å². The Labute approximate surface area is 147 Å². The van der Waals surface area contributed by atoms with Crippen molar-refractivity contribution in [3.05, 3.63) is 17.7 Å². The fourth-order valence-electron chi connectivity index (χ4n) is 3.07. The second-order valence-corrected chi connectivity index (χ2v) is 8.90. The third kappa shape index (κ3) is 4.20. The van der Waals surface area contributed by atoms with Crippen molar-refractivity contribution < 1.29 is 17.9 Å². The van der Waals surface area contributed by atoms with Crippen LogP contribution in [0.25, 0.3) is 0 Å². The third-order valence-corrected chi connectivity index (χ3v) is 6.60. The lowest BCUT2D eigenvalue weighted by Gasteiger charge is -2.20. The van der Waals surface area contributed by atoms with Gasteiger partial charge in [-0.3, -0.25) is 4.79 Å². The number of aromatic nitrogens is 2. The summed E-state index contributed by atoms with van der Waals surface area (Å²) >= 11 is 0. The van der Waals surface area contributed by atoms with Crippen molar-refractivity contribution in [3.8, 4) is 0 Å². The summed E-state index contributed by atoms with van der Waals surface area (Å²) in [6.45, 7) is 3.12. The quantitative estimate of drug-likeness (QED) is 0.664. The van der Waals surface area contributed by atoms with Gasteiger partial charge in [0.25, 0.3) is 5.91 Å². The lowest BCUT2D eigenvalue weighted by molar-refractivity contribution is 0.0921. The van der Waals surface area contributed by atoms with E-state index < -0.39 is 10.0 Å². The normalized spacial score (nSPS) is 24.1. The number of hydrogen-bond donors (Lipinski definition) is 2. The van der Waals surface area contributed by atoms with Crippen molar-refractivity contribution in [2.24, 2.45) is 5.92 Å². The smallest absolute Gasteiger partial charge is 0.271 e. The molecule has 0 unspecified atom stereocenters. The molecule has 140 valence electrons. The number of fused-ring (bicyclic) bond motifs is 1. The van der Waals surface area contributed by atoms with Crippen LogP contribution in [-0.2, 0) is 27.7 Å². The second-order valence-electron chi connectivity index (χ2n) is 6.67. The number of nitrogens with zero attached hydrogens (tertiary/aromatic N) is 3. The molecule has 1 fully saturated rings. The Balaban J connectivity index is 1.66. The molecule has 0 saturated carbocycles. The summed E-state index contributed by atoms with van der Waals surface area (Å²) in [5, 5.41) is 6.18. The topological polar surface area (TPSA) is 106 Å². The first-order chi connectivity index (χ1) is 11.9. The van der Waals surface area contributed by atoms with Gasteiger partial charge in [0.2, 0.25) is 10.0 Å². The highest BCUT2D eigenvalue weighted by Crippen LogP contribution is 2.18. The molecule has 9 nitrogen and oxygen atoms in total. The summed E-state index contributed by atoms with van der Waals surface area (Å²) in [6.07, 6.45) is 2.54. The van der Waals surface area contributed by atoms with Gasteiger partial charge >= 0.3 is 0 Å². The van der Waals surface area contributed by atoms with Gasteiger partial charge in [-0.1, -0.05) is 0 Å². The Bertz CT molecular complexity index is 707. The average Bonchev–Trinajstić information content (AvgIpc) is 3.08. The predicted molar refractivity (Wildman–Crippen MR) is 91.8 cm³/mol. The molecule has 10 heteroatoms. The molecule has 1 amide bonds. The molecule has 0 bridgehead atoms. The van der Waals surface area contributed by atoms with Crippen LogP contribution in [-0.4, -0.2) is 80.4 Å². The van der Waals surface area contributed by atoms with Gasteiger partial charge in [0.05, 0.1) is 25.0 Å². The molecule has 1 saturated heterocycles. The van der Waals surface area contributed by atoms with E-state index in [1.54, 1.807) is 6.20 Å². The molecule has 2 aliphatic heterocycles. The van der Waals surface area contributed by atoms with Crippen molar-refractivity contribution >= 4 is 15.9 Å². The molecule has 0 radical (unpaired) electrons. The van der Waals surface area contributed by atoms with Crippen molar-refractivity contribution in [3.63, 3.8) is 0 Å². The number of amides is 1. The predicted octanol–water partition coefficient (Wildman–Crippen LogP) is -1.33. The van der Waals surface area contributed by atoms with E-state index in [4.69, 9.17) is 4.74 Å². The number of carbonyl (C=O) groups excluding carboxylic acids is 1. The molecule has 2 N–H and O–H groups in total. The Morgan fingerprint density at radius 3 is 3.00 bits per heavy atom. The van der Waals surface area contributed by atoms with E-state index in [0.29, 0.717) is 18.9 Å². The summed E-state index contributed by atoms with van der Waals surface area (Å²) < 4.78 is 32.8. The monoisotopic (exact) mass is 371 g/mol. The molecule has 0 aromatic carbocycles. The van der Waals surface area contributed by atoms with Gasteiger partial charge in [-0.2, -0.15) is 0 Å². The van der Waals surface area contributed by atoms with Gasteiger partial charge in [-0.25, -0.2) is 17.7 Å². The number of ether oxygens (including phenoxy) is 1. The van der Waals surface area contributed by atoms with Crippen LogP contribution in [0.5, 0.6) is 0 Å². The molecule has 1 aromatic heterocycles. The first kappa shape index (κ1) is 18.3. The van der Waals surface area contributed by atoms with E-state index in [2.05, 4.69) is 15.6 Å². The van der Waals surface area contributed by atoms with Crippen LogP contribution in [0.2, 0.25) is 0 Å². The fourth-order valence-corrected chi connectivity index (χ4v) is 4.23. The standard InChI is InChI=1S/C15H25N5O4S/c1-19(2)25(22,23)10-11-8-24-9-13(11)18-15(21)12-7-20-6-5-16-4-3-14(20)17-12/h7,11,13,16H,3-6,8-10H2,1-2H3,(H,18,21)/t11-,13+/m0/s1. The molecular weight excluding hydrogens is 346 g/mol. The number of hydrogen-bond acceptors (Lipinski definition) is 6. The zero-order valence-corrected chi connectivity index (χ0v) is 15.4. The van der Waals surface area contributed by atoms with Gasteiger partial charge in [0.1, 0.15) is 11.5 Å². The van der Waals surface area contributed by atoms with Gasteiger partial charge in [-0.15, -0.1) is 0 Å². The van der Waals surface area contributed by atoms with Gasteiger partial charge < -0.3 is 19.9 Å². The van der Waals surface area contributed by atoms with E-state index in [9.17, 15) is 13.2 Å². The first-order valence-corrected chi connectivity index (χ1v) is 10.0. The Hall–Kier alpha value is -1.49. The Morgan fingerprint density at radius 1 is 1.44 bits per heavy atom. The number of rotatable bonds is 5. The number of nitrogens with one attached hydrogen (secondary N) is 2. The lowest BCUT2D eigenvalue weighted by Crippen LogP contribution is -2.43. The zero-order valence-electron chi connectivity index (χ0n) is 14.6. The molecule has 0 spiro atoms. The van der Waals surface area contributed by atoms with E-state index in [1.807, 2.05) is 4.57 Å². The Kier molecular flexibility index (Phi) is 5.42. The second kappa shape index (κ2) is 7.40. The Morgan fingerprint density at radius 2 is 2.24 bits per heavy atom. The van der Waals surface area contributed by atoms with E-state index >= 15 is 0 Å². The molecule has 25 heavy (non-hydrogen) atoms. The van der Waals surface area contributed by atoms with E-state index in [-0.39, 0.29) is 23.6 Å². The molecule has 3 rings (SSSR count). The maximum atomic E-state index is 12.5. The van der Waals surface area contributed by atoms with Crippen molar-refractivity contribution in [2.75, 3.05) is 46.2 Å². The summed E-state index contributed by atoms with van der Waals surface area (Å²) in [6, 6.07) is -0.328. The first-order valence-electron chi connectivity index (χ1n) is 8.42. The highest BCUT2D eigenvalue weighted by Gasteiger charge is 2.34. The number of sulfonamides is 1. The van der Waals surface area contributed by atoms with Crippen LogP contribution in [0.15, 0.2) is 6.20 Å². The molecule has 2 aliphatic rings. The van der Waals surface area contributed by atoms with Crippen LogP contribution in [0.1, 0.15) is 16.3 Å². The molecule has 1 aromatic rings. The number of carbonyl (C=O) groups is 1. The third-order valence-electron chi connectivity index (χ3n) is 4.64. The van der Waals surface area contributed by atoms with Crippen LogP contribution in [0.3, 0.4) is 0 Å². The summed E-state index contributed by atoms with van der Waals surface area (Å²) in [5.41, 5.74) is 0.373. The maximum Gasteiger partial charge on any atom is 0.271 e. The van der Waals surface area contributed by atoms with Crippen LogP contribution in [0, 0.1) is 5.92 Å². The van der Waals surface area contributed by atoms with E-state index in [1.165, 1.54) is 18.4 Å². The molecular formula is C15H25N5O4S. The molecule has 3 heterocycles. The largest absolute Gasteiger partial charge is 0.379 e. The van der Waals surface area contributed by atoms with Crippen LogP contribution < -0.4 is 10.6 Å². The fraction of sp³-hybridized carbons (Fsp3) is 0.733. The van der Waals surface area contributed by atoms with Crippen molar-refractivity contribution in [1.29, 1.82) is 0 Å². The lowest BCUT2D eigenvalue weighted by atomic mass is 10.1. The minimum atomic E-state index is -3.35. The van der Waals surface area contributed by atoms with Crippen LogP contribution in [0.4, 0.5) is 0 Å². The SMILES string of the molecule is CN(C)S(=O)(=O)C[C@@H]1COC[C@H]1NC(=O)c1cn2c(n1)CCNCC2. The van der Waals surface area contributed by atoms with Crippen LogP contribution >= 0.6 is 0 Å². The van der Waals surface area contributed by atoms with Gasteiger partial charge in [-0.05, 0) is 0 Å². The van der Waals surface area contributed by atoms with Gasteiger partial charge in [0.15, 0.2) is 0 Å². The zero-order chi connectivity index (χ0) is 18.0. The van der Waals surface area contributed by atoms with E-state index in [0.717, 1.165) is 31.9 Å². The maximum absolute atomic E-state index is 12.5. The van der Waals surface area contributed by atoms with Gasteiger partial charge in [0, 0.05) is 52.3 Å². The summed E-state index contributed by atoms with van der Waals surface area (Å²) in [7, 11) is -0.334. The highest BCUT2D eigenvalue weighted by atomic mass is 32.2. The minimum Gasteiger partial charge on any atom is -0.379 e. The highest BCUT2D eigenvalue weighted by molar-refractivity contribution is 7.89. The number of imidazole rings is 1.